The van der Waals surface area contributed by atoms with Crippen LogP contribution in [0.4, 0.5) is 0 Å². The molecule has 4 rings (SSSR count). The van der Waals surface area contributed by atoms with Gasteiger partial charge in [-0.1, -0.05) is 51.5 Å². The third kappa shape index (κ3) is 6.54. The summed E-state index contributed by atoms with van der Waals surface area (Å²) in [5.74, 6) is 1.02. The van der Waals surface area contributed by atoms with Gasteiger partial charge in [0.25, 0.3) is 0 Å². The zero-order valence-corrected chi connectivity index (χ0v) is 23.2. The molecule has 2 aromatic carbocycles. The zero-order chi connectivity index (χ0) is 26.7. The average Bonchev–Trinajstić information content (AvgIpc) is 3.12. The van der Waals surface area contributed by atoms with E-state index in [1.54, 1.807) is 36.2 Å². The van der Waals surface area contributed by atoms with Crippen molar-refractivity contribution in [3.63, 3.8) is 0 Å². The quantitative estimate of drug-likeness (QED) is 0.313. The summed E-state index contributed by atoms with van der Waals surface area (Å²) in [7, 11) is 1.72. The summed E-state index contributed by atoms with van der Waals surface area (Å²) in [4.78, 5) is 26.8. The highest BCUT2D eigenvalue weighted by molar-refractivity contribution is 9.12. The van der Waals surface area contributed by atoms with Crippen LogP contribution in [-0.2, 0) is 19.1 Å². The number of benzene rings is 2. The minimum Gasteiger partial charge on any atom is -0.508 e. The number of cyclic esters (lactones) is 1. The van der Waals surface area contributed by atoms with Crippen LogP contribution in [0, 0.1) is 17.8 Å². The molecule has 0 aromatic heterocycles. The Kier molecular flexibility index (Phi) is 8.60. The van der Waals surface area contributed by atoms with Crippen LogP contribution in [-0.4, -0.2) is 47.9 Å². The van der Waals surface area contributed by atoms with Crippen LogP contribution in [0.5, 0.6) is 11.5 Å². The van der Waals surface area contributed by atoms with Crippen molar-refractivity contribution in [3.8, 4) is 22.6 Å². The Bertz CT molecular complexity index is 1140. The van der Waals surface area contributed by atoms with Gasteiger partial charge in [-0.25, -0.2) is 9.59 Å². The molecule has 7 nitrogen and oxygen atoms in total. The molecule has 198 valence electrons. The number of esters is 2. The van der Waals surface area contributed by atoms with Crippen LogP contribution in [0.15, 0.2) is 58.7 Å². The Morgan fingerprint density at radius 1 is 1.11 bits per heavy atom. The van der Waals surface area contributed by atoms with Gasteiger partial charge in [-0.15, -0.1) is 0 Å². The Labute approximate surface area is 226 Å². The first-order valence-corrected chi connectivity index (χ1v) is 13.5. The van der Waals surface area contributed by atoms with Crippen LogP contribution in [0.25, 0.3) is 11.1 Å². The summed E-state index contributed by atoms with van der Waals surface area (Å²) >= 11 is 3.34. The van der Waals surface area contributed by atoms with Crippen LogP contribution in [0.3, 0.4) is 0 Å². The summed E-state index contributed by atoms with van der Waals surface area (Å²) in [6.45, 7) is 6.53. The smallest absolute Gasteiger partial charge is 0.349 e. The molecule has 1 saturated carbocycles. The number of halogens is 1. The first-order valence-electron chi connectivity index (χ1n) is 12.7. The summed E-state index contributed by atoms with van der Waals surface area (Å²) in [5, 5.41) is 9.47. The molecule has 1 fully saturated rings. The number of hydrogen-bond acceptors (Lipinski definition) is 7. The van der Waals surface area contributed by atoms with E-state index in [4.69, 9.17) is 14.2 Å². The van der Waals surface area contributed by atoms with Gasteiger partial charge in [-0.05, 0) is 81.9 Å². The lowest BCUT2D eigenvalue weighted by atomic mass is 9.75. The molecule has 0 amide bonds. The van der Waals surface area contributed by atoms with Gasteiger partial charge < -0.3 is 24.2 Å². The molecule has 2 aromatic rings. The lowest BCUT2D eigenvalue weighted by Gasteiger charge is -2.38. The molecule has 1 N–H and O–H groups in total. The number of likely N-dealkylation sites (N-methyl/N-ethyl adjacent to an activating group) is 1. The van der Waals surface area contributed by atoms with Crippen molar-refractivity contribution in [1.82, 2.24) is 4.90 Å². The van der Waals surface area contributed by atoms with Gasteiger partial charge in [0.05, 0.1) is 6.10 Å². The van der Waals surface area contributed by atoms with E-state index in [2.05, 4.69) is 36.7 Å². The van der Waals surface area contributed by atoms with Gasteiger partial charge in [0, 0.05) is 7.05 Å². The minimum atomic E-state index is -0.874. The van der Waals surface area contributed by atoms with Gasteiger partial charge in [0.15, 0.2) is 0 Å². The highest BCUT2D eigenvalue weighted by Crippen LogP contribution is 2.39. The van der Waals surface area contributed by atoms with Crippen molar-refractivity contribution in [2.75, 3.05) is 13.6 Å². The van der Waals surface area contributed by atoms with Crippen molar-refractivity contribution in [2.24, 2.45) is 17.8 Å². The fourth-order valence-electron chi connectivity index (χ4n) is 5.09. The first kappa shape index (κ1) is 27.2. The van der Waals surface area contributed by atoms with E-state index in [1.807, 2.05) is 24.3 Å². The number of nitrogens with zero attached hydrogens (tertiary/aromatic N) is 1. The number of carbonyl (C=O) groups is 2. The highest BCUT2D eigenvalue weighted by atomic mass is 79.9. The predicted octanol–water partition coefficient (Wildman–Crippen LogP) is 5.86. The SMILES string of the molecule is CC1CCC(C(C)C)C(O[C@H]2OC(=O)C(Br)=C2N(C)CC(=O)Oc2ccc(-c3ccc(O)cc3)cc2)C1. The topological polar surface area (TPSA) is 85.3 Å². The molecule has 37 heavy (non-hydrogen) atoms. The van der Waals surface area contributed by atoms with E-state index in [-0.39, 0.29) is 22.9 Å². The van der Waals surface area contributed by atoms with Gasteiger partial charge >= 0.3 is 11.9 Å². The molecule has 0 radical (unpaired) electrons. The molecule has 0 saturated heterocycles. The second kappa shape index (κ2) is 11.7. The Balaban J connectivity index is 1.40. The molecule has 1 aliphatic heterocycles. The number of ether oxygens (including phenoxy) is 3. The van der Waals surface area contributed by atoms with Crippen LogP contribution in [0.1, 0.15) is 40.0 Å². The molecule has 0 bridgehead atoms. The minimum absolute atomic E-state index is 0.0256. The van der Waals surface area contributed by atoms with Crippen molar-refractivity contribution in [2.45, 2.75) is 52.4 Å². The van der Waals surface area contributed by atoms with Crippen molar-refractivity contribution < 1.29 is 28.9 Å². The molecular weight excluding hydrogens is 538 g/mol. The Morgan fingerprint density at radius 3 is 2.35 bits per heavy atom. The summed E-state index contributed by atoms with van der Waals surface area (Å²) in [6.07, 6.45) is 2.26. The number of carbonyl (C=O) groups excluding carboxylic acids is 2. The number of phenols is 1. The fourth-order valence-corrected chi connectivity index (χ4v) is 5.68. The van der Waals surface area contributed by atoms with Gasteiger partial charge in [0.1, 0.15) is 28.2 Å². The van der Waals surface area contributed by atoms with E-state index < -0.39 is 18.2 Å². The Hall–Kier alpha value is -2.84. The van der Waals surface area contributed by atoms with Crippen LogP contribution >= 0.6 is 15.9 Å². The average molecular weight is 572 g/mol. The molecule has 4 atom stereocenters. The summed E-state index contributed by atoms with van der Waals surface area (Å²) in [6, 6.07) is 14.0. The molecule has 1 heterocycles. The molecule has 2 aliphatic rings. The maximum Gasteiger partial charge on any atom is 0.349 e. The number of rotatable bonds is 8. The Morgan fingerprint density at radius 2 is 1.73 bits per heavy atom. The van der Waals surface area contributed by atoms with E-state index in [1.165, 1.54) is 6.42 Å². The van der Waals surface area contributed by atoms with Crippen molar-refractivity contribution in [3.05, 3.63) is 58.7 Å². The number of hydrogen-bond donors (Lipinski definition) is 1. The van der Waals surface area contributed by atoms with E-state index in [0.29, 0.717) is 29.2 Å². The second-order valence-corrected chi connectivity index (χ2v) is 11.1. The largest absolute Gasteiger partial charge is 0.508 e. The third-order valence-electron chi connectivity index (χ3n) is 7.17. The second-order valence-electron chi connectivity index (χ2n) is 10.3. The fraction of sp³-hybridized carbons (Fsp3) is 0.448. The van der Waals surface area contributed by atoms with E-state index in [0.717, 1.165) is 24.0 Å². The standard InChI is InChI=1S/C29H34BrNO6/c1-17(2)23-14-5-18(3)15-24(23)36-29-27(26(30)28(34)37-29)31(4)16-25(33)35-22-12-8-20(9-13-22)19-6-10-21(32)11-7-19/h6-13,17-18,23-24,29,32H,5,14-16H2,1-4H3/t18?,23?,24?,29-/m0/s1. The van der Waals surface area contributed by atoms with Crippen LogP contribution in [0.2, 0.25) is 0 Å². The first-order chi connectivity index (χ1) is 17.6. The van der Waals surface area contributed by atoms with E-state index in [9.17, 15) is 14.7 Å². The molecular formula is C29H34BrNO6. The number of aromatic hydroxyl groups is 1. The monoisotopic (exact) mass is 571 g/mol. The number of phenolic OH excluding ortho intramolecular Hbond substituents is 1. The normalized spacial score (nSPS) is 23.8. The van der Waals surface area contributed by atoms with Gasteiger partial charge in [-0.2, -0.15) is 0 Å². The predicted molar refractivity (Wildman–Crippen MR) is 144 cm³/mol. The van der Waals surface area contributed by atoms with Gasteiger partial charge in [0.2, 0.25) is 6.29 Å². The molecule has 1 aliphatic carbocycles. The molecule has 8 heteroatoms. The van der Waals surface area contributed by atoms with Crippen molar-refractivity contribution in [1.29, 1.82) is 0 Å². The molecule has 3 unspecified atom stereocenters. The maximum atomic E-state index is 12.7. The summed E-state index contributed by atoms with van der Waals surface area (Å²) < 4.78 is 17.7. The lowest BCUT2D eigenvalue weighted by Crippen LogP contribution is -2.40. The van der Waals surface area contributed by atoms with Gasteiger partial charge in [-0.3, -0.25) is 0 Å². The maximum absolute atomic E-state index is 12.7. The highest BCUT2D eigenvalue weighted by Gasteiger charge is 2.41. The lowest BCUT2D eigenvalue weighted by molar-refractivity contribution is -0.184. The zero-order valence-electron chi connectivity index (χ0n) is 21.6. The van der Waals surface area contributed by atoms with E-state index >= 15 is 0 Å². The molecule has 0 spiro atoms. The van der Waals surface area contributed by atoms with Crippen molar-refractivity contribution >= 4 is 27.9 Å². The van der Waals surface area contributed by atoms with Crippen LogP contribution < -0.4 is 4.74 Å². The summed E-state index contributed by atoms with van der Waals surface area (Å²) in [5.41, 5.74) is 2.37. The third-order valence-corrected chi connectivity index (χ3v) is 7.90.